The first-order valence-electron chi connectivity index (χ1n) is 9.52. The highest BCUT2D eigenvalue weighted by molar-refractivity contribution is 5.99. The van der Waals surface area contributed by atoms with Crippen molar-refractivity contribution in [2.45, 2.75) is 19.4 Å². The van der Waals surface area contributed by atoms with Gasteiger partial charge >= 0.3 is 0 Å². The molecule has 0 amide bonds. The number of fused-ring (bicyclic) bond motifs is 1. The summed E-state index contributed by atoms with van der Waals surface area (Å²) in [5.74, 6) is 0.0220. The van der Waals surface area contributed by atoms with Gasteiger partial charge in [-0.1, -0.05) is 66.2 Å². The monoisotopic (exact) mass is 369 g/mol. The molecule has 140 valence electrons. The van der Waals surface area contributed by atoms with Gasteiger partial charge in [0.05, 0.1) is 12.2 Å². The van der Waals surface area contributed by atoms with Crippen LogP contribution >= 0.6 is 0 Å². The number of nitrogens with zero attached hydrogens (tertiary/aromatic N) is 2. The van der Waals surface area contributed by atoms with E-state index < -0.39 is 6.04 Å². The summed E-state index contributed by atoms with van der Waals surface area (Å²) < 4.78 is 1.85. The topological polar surface area (TPSA) is 46.4 Å². The van der Waals surface area contributed by atoms with Crippen LogP contribution in [0.2, 0.25) is 0 Å². The molecule has 28 heavy (non-hydrogen) atoms. The molecule has 0 fully saturated rings. The van der Waals surface area contributed by atoms with Crippen LogP contribution in [0.5, 0.6) is 0 Å². The number of aromatic nitrogens is 2. The van der Waals surface area contributed by atoms with Gasteiger partial charge in [-0.15, -0.1) is 0 Å². The van der Waals surface area contributed by atoms with Gasteiger partial charge in [-0.2, -0.15) is 0 Å². The van der Waals surface area contributed by atoms with Crippen LogP contribution in [0.3, 0.4) is 0 Å². The molecule has 0 saturated carbocycles. The molecule has 0 unspecified atom stereocenters. The summed E-state index contributed by atoms with van der Waals surface area (Å²) in [4.78, 5) is 17.8. The van der Waals surface area contributed by atoms with Gasteiger partial charge in [0.2, 0.25) is 5.78 Å². The Hall–Kier alpha value is -3.24. The number of rotatable bonds is 7. The van der Waals surface area contributed by atoms with E-state index in [1.54, 1.807) is 6.20 Å². The predicted octanol–water partition coefficient (Wildman–Crippen LogP) is 4.40. The molecule has 0 saturated heterocycles. The first kappa shape index (κ1) is 18.1. The number of carbonyl (C=O) groups excluding carboxylic acids is 1. The Labute approximate surface area is 164 Å². The Morgan fingerprint density at radius 2 is 1.75 bits per heavy atom. The van der Waals surface area contributed by atoms with Crippen LogP contribution in [0.15, 0.2) is 85.2 Å². The first-order chi connectivity index (χ1) is 13.7. The quantitative estimate of drug-likeness (QED) is 0.491. The van der Waals surface area contributed by atoms with Crippen molar-refractivity contribution in [2.75, 3.05) is 6.54 Å². The Kier molecular flexibility index (Phi) is 5.31. The molecule has 2 aromatic carbocycles. The van der Waals surface area contributed by atoms with Crippen LogP contribution < -0.4 is 5.32 Å². The van der Waals surface area contributed by atoms with Gasteiger partial charge < -0.3 is 5.32 Å². The molecule has 0 aliphatic heterocycles. The number of ketones is 1. The van der Waals surface area contributed by atoms with Crippen LogP contribution in [0.1, 0.15) is 33.2 Å². The maximum absolute atomic E-state index is 13.4. The zero-order valence-electron chi connectivity index (χ0n) is 15.9. The minimum absolute atomic E-state index is 0.0220. The highest BCUT2D eigenvalue weighted by atomic mass is 16.1. The second-order valence-corrected chi connectivity index (χ2v) is 6.97. The molecular weight excluding hydrogens is 346 g/mol. The van der Waals surface area contributed by atoms with Crippen molar-refractivity contribution < 1.29 is 4.79 Å². The van der Waals surface area contributed by atoms with E-state index in [9.17, 15) is 4.79 Å². The van der Waals surface area contributed by atoms with E-state index >= 15 is 0 Å². The molecule has 4 nitrogen and oxygen atoms in total. The number of imidazole rings is 1. The molecule has 0 aliphatic rings. The van der Waals surface area contributed by atoms with E-state index in [0.29, 0.717) is 12.2 Å². The summed E-state index contributed by atoms with van der Waals surface area (Å²) in [6.07, 6.45) is 4.41. The molecular formula is C24H23N3O. The van der Waals surface area contributed by atoms with Crippen molar-refractivity contribution in [3.8, 4) is 0 Å². The molecule has 0 spiro atoms. The number of Topliss-reactive ketones (excluding diaryl/α,β-unsaturated/α-hetero) is 1. The first-order valence-corrected chi connectivity index (χ1v) is 9.52. The molecule has 2 heterocycles. The van der Waals surface area contributed by atoms with Gasteiger partial charge in [0, 0.05) is 12.7 Å². The van der Waals surface area contributed by atoms with E-state index in [4.69, 9.17) is 0 Å². The largest absolute Gasteiger partial charge is 0.303 e. The van der Waals surface area contributed by atoms with Crippen molar-refractivity contribution >= 4 is 11.4 Å². The van der Waals surface area contributed by atoms with Crippen molar-refractivity contribution in [3.05, 3.63) is 108 Å². The molecule has 0 radical (unpaired) electrons. The molecule has 1 atom stereocenters. The van der Waals surface area contributed by atoms with Gasteiger partial charge in [0.25, 0.3) is 0 Å². The summed E-state index contributed by atoms with van der Waals surface area (Å²) in [5, 5.41) is 3.46. The van der Waals surface area contributed by atoms with Crippen LogP contribution in [0.4, 0.5) is 0 Å². The van der Waals surface area contributed by atoms with E-state index in [1.807, 2.05) is 59.1 Å². The number of pyridine rings is 1. The summed E-state index contributed by atoms with van der Waals surface area (Å²) in [6, 6.07) is 23.7. The van der Waals surface area contributed by atoms with E-state index in [-0.39, 0.29) is 5.78 Å². The zero-order valence-corrected chi connectivity index (χ0v) is 15.9. The lowest BCUT2D eigenvalue weighted by atomic mass is 10.0. The lowest BCUT2D eigenvalue weighted by molar-refractivity contribution is 0.0937. The summed E-state index contributed by atoms with van der Waals surface area (Å²) in [7, 11) is 0. The molecule has 0 aliphatic carbocycles. The highest BCUT2D eigenvalue weighted by Gasteiger charge is 2.24. The van der Waals surface area contributed by atoms with Crippen LogP contribution in [0.25, 0.3) is 5.65 Å². The lowest BCUT2D eigenvalue weighted by Crippen LogP contribution is -2.31. The Balaban J connectivity index is 1.57. The maximum Gasteiger partial charge on any atom is 0.202 e. The Morgan fingerprint density at radius 3 is 2.54 bits per heavy atom. The maximum atomic E-state index is 13.4. The summed E-state index contributed by atoms with van der Waals surface area (Å²) in [5.41, 5.74) is 4.83. The molecule has 1 N–H and O–H groups in total. The Bertz CT molecular complexity index is 1070. The van der Waals surface area contributed by atoms with Crippen LogP contribution in [-0.2, 0) is 6.42 Å². The highest BCUT2D eigenvalue weighted by Crippen LogP contribution is 2.20. The lowest BCUT2D eigenvalue weighted by Gasteiger charge is -2.18. The average molecular weight is 369 g/mol. The Morgan fingerprint density at radius 1 is 1.00 bits per heavy atom. The average Bonchev–Trinajstić information content (AvgIpc) is 3.17. The minimum atomic E-state index is -0.410. The zero-order chi connectivity index (χ0) is 19.3. The van der Waals surface area contributed by atoms with Crippen molar-refractivity contribution in [3.63, 3.8) is 0 Å². The third-order valence-electron chi connectivity index (χ3n) is 4.95. The number of carbonyl (C=O) groups is 1. The van der Waals surface area contributed by atoms with Gasteiger partial charge in [0.1, 0.15) is 11.3 Å². The number of hydrogen-bond donors (Lipinski definition) is 1. The normalized spacial score (nSPS) is 12.2. The fraction of sp³-hybridized carbons (Fsp3) is 0.167. The molecule has 0 bridgehead atoms. The van der Waals surface area contributed by atoms with Crippen molar-refractivity contribution in [1.82, 2.24) is 14.7 Å². The number of benzene rings is 2. The predicted molar refractivity (Wildman–Crippen MR) is 112 cm³/mol. The smallest absolute Gasteiger partial charge is 0.202 e. The molecule has 4 heteroatoms. The number of hydrogen-bond acceptors (Lipinski definition) is 3. The van der Waals surface area contributed by atoms with Gasteiger partial charge in [0.15, 0.2) is 0 Å². The minimum Gasteiger partial charge on any atom is -0.303 e. The second kappa shape index (κ2) is 8.19. The fourth-order valence-corrected chi connectivity index (χ4v) is 3.39. The summed E-state index contributed by atoms with van der Waals surface area (Å²) >= 11 is 0. The fourth-order valence-electron chi connectivity index (χ4n) is 3.39. The molecule has 4 rings (SSSR count). The van der Waals surface area contributed by atoms with Gasteiger partial charge in [-0.25, -0.2) is 4.98 Å². The van der Waals surface area contributed by atoms with E-state index in [2.05, 4.69) is 41.5 Å². The second-order valence-electron chi connectivity index (χ2n) is 6.97. The van der Waals surface area contributed by atoms with E-state index in [1.165, 1.54) is 11.1 Å². The van der Waals surface area contributed by atoms with Crippen LogP contribution in [-0.4, -0.2) is 21.7 Å². The van der Waals surface area contributed by atoms with Crippen LogP contribution in [0, 0.1) is 6.92 Å². The third-order valence-corrected chi connectivity index (χ3v) is 4.95. The van der Waals surface area contributed by atoms with E-state index in [0.717, 1.165) is 17.6 Å². The standard InChI is InChI=1S/C24H23N3O/c1-18-10-12-19(13-11-18)14-15-25-23(20-7-3-2-4-8-20)24(28)21-17-26-22-9-5-6-16-27(21)22/h2-13,16-17,23,25H,14-15H2,1H3/t23-/m1/s1. The van der Waals surface area contributed by atoms with Crippen molar-refractivity contribution in [1.29, 1.82) is 0 Å². The third kappa shape index (κ3) is 3.87. The SMILES string of the molecule is Cc1ccc(CCN[C@@H](C(=O)c2cnc3ccccn23)c2ccccc2)cc1. The van der Waals surface area contributed by atoms with Gasteiger partial charge in [-0.3, -0.25) is 9.20 Å². The number of nitrogens with one attached hydrogen (secondary N) is 1. The van der Waals surface area contributed by atoms with Crippen molar-refractivity contribution in [2.24, 2.45) is 0 Å². The van der Waals surface area contributed by atoms with Gasteiger partial charge in [-0.05, 0) is 36.6 Å². The number of aryl methyl sites for hydroxylation is 1. The molecule has 2 aromatic heterocycles. The summed E-state index contributed by atoms with van der Waals surface area (Å²) in [6.45, 7) is 2.80. The molecule has 4 aromatic rings.